The molecule has 1 unspecified atom stereocenters. The van der Waals surface area contributed by atoms with E-state index in [1.165, 1.54) is 0 Å². The van der Waals surface area contributed by atoms with Crippen LogP contribution in [0.5, 0.6) is 0 Å². The van der Waals surface area contributed by atoms with Crippen LogP contribution in [0.25, 0.3) is 0 Å². The minimum absolute atomic E-state index is 0.209. The first-order valence-electron chi connectivity index (χ1n) is 6.30. The second-order valence-electron chi connectivity index (χ2n) is 5.07. The van der Waals surface area contributed by atoms with Crippen molar-refractivity contribution in [3.8, 4) is 0 Å². The average Bonchev–Trinajstić information content (AvgIpc) is 2.54. The molecule has 0 bridgehead atoms. The fraction of sp³-hybridized carbons (Fsp3) is 0.769. The van der Waals surface area contributed by atoms with Crippen LogP contribution in [0.1, 0.15) is 38.6 Å². The molecule has 0 saturated heterocycles. The lowest BCUT2D eigenvalue weighted by Crippen LogP contribution is -2.14. The first-order valence-corrected chi connectivity index (χ1v) is 6.68. The molecule has 0 spiro atoms. The fourth-order valence-electron chi connectivity index (χ4n) is 2.20. The Morgan fingerprint density at radius 3 is 2.47 bits per heavy atom. The van der Waals surface area contributed by atoms with Crippen molar-refractivity contribution < 1.29 is 5.11 Å². The molecule has 17 heavy (non-hydrogen) atoms. The third-order valence-electron chi connectivity index (χ3n) is 3.05. The summed E-state index contributed by atoms with van der Waals surface area (Å²) >= 11 is 6.30. The van der Waals surface area contributed by atoms with Crippen molar-refractivity contribution in [1.29, 1.82) is 0 Å². The normalized spacial score (nSPS) is 13.4. The summed E-state index contributed by atoms with van der Waals surface area (Å²) in [4.78, 5) is 0. The quantitative estimate of drug-likeness (QED) is 0.852. The summed E-state index contributed by atoms with van der Waals surface area (Å²) in [6, 6.07) is 0. The van der Waals surface area contributed by atoms with Crippen LogP contribution in [-0.2, 0) is 19.9 Å². The molecule has 1 heterocycles. The lowest BCUT2D eigenvalue weighted by molar-refractivity contribution is 0.203. The number of nitrogens with zero attached hydrogens (tertiary/aromatic N) is 2. The molecule has 0 aliphatic rings. The van der Waals surface area contributed by atoms with Crippen LogP contribution in [0.15, 0.2) is 0 Å². The highest BCUT2D eigenvalue weighted by Crippen LogP contribution is 2.25. The zero-order valence-corrected chi connectivity index (χ0v) is 12.0. The predicted molar refractivity (Wildman–Crippen MR) is 71.3 cm³/mol. The molecular formula is C13H23ClN2O. The predicted octanol–water partition coefficient (Wildman–Crippen LogP) is 2.83. The van der Waals surface area contributed by atoms with Crippen LogP contribution in [0.2, 0.25) is 5.02 Å². The number of halogens is 1. The smallest absolute Gasteiger partial charge is 0.0849 e. The van der Waals surface area contributed by atoms with E-state index in [0.29, 0.717) is 5.92 Å². The summed E-state index contributed by atoms with van der Waals surface area (Å²) < 4.78 is 1.85. The van der Waals surface area contributed by atoms with Crippen LogP contribution in [0.3, 0.4) is 0 Å². The van der Waals surface area contributed by atoms with Gasteiger partial charge in [-0.25, -0.2) is 0 Å². The van der Waals surface area contributed by atoms with E-state index in [1.54, 1.807) is 0 Å². The van der Waals surface area contributed by atoms with Gasteiger partial charge in [-0.2, -0.15) is 5.10 Å². The van der Waals surface area contributed by atoms with Crippen LogP contribution < -0.4 is 0 Å². The van der Waals surface area contributed by atoms with Crippen LogP contribution in [0, 0.1) is 11.8 Å². The zero-order valence-electron chi connectivity index (χ0n) is 11.2. The van der Waals surface area contributed by atoms with Gasteiger partial charge in [0.1, 0.15) is 0 Å². The minimum Gasteiger partial charge on any atom is -0.396 e. The van der Waals surface area contributed by atoms with Gasteiger partial charge in [-0.15, -0.1) is 0 Å². The molecule has 0 aromatic carbocycles. The van der Waals surface area contributed by atoms with Gasteiger partial charge in [0.2, 0.25) is 0 Å². The highest BCUT2D eigenvalue weighted by atomic mass is 35.5. The molecule has 0 aliphatic heterocycles. The van der Waals surface area contributed by atoms with Gasteiger partial charge in [0.05, 0.1) is 16.4 Å². The molecule has 1 rings (SSSR count). The van der Waals surface area contributed by atoms with E-state index < -0.39 is 0 Å². The number of aromatic nitrogens is 2. The zero-order chi connectivity index (χ0) is 13.0. The Kier molecular flexibility index (Phi) is 5.47. The van der Waals surface area contributed by atoms with E-state index in [0.717, 1.165) is 35.7 Å². The molecule has 3 nitrogen and oxygen atoms in total. The first-order chi connectivity index (χ1) is 7.99. The second kappa shape index (κ2) is 6.41. The Bertz CT molecular complexity index is 361. The Labute approximate surface area is 109 Å². The topological polar surface area (TPSA) is 38.0 Å². The summed E-state index contributed by atoms with van der Waals surface area (Å²) in [6.07, 6.45) is 2.66. The van der Waals surface area contributed by atoms with E-state index in [2.05, 4.69) is 25.9 Å². The van der Waals surface area contributed by atoms with E-state index >= 15 is 0 Å². The highest BCUT2D eigenvalue weighted by Gasteiger charge is 2.18. The molecule has 0 fully saturated rings. The molecule has 1 aromatic rings. The number of hydrogen-bond acceptors (Lipinski definition) is 2. The van der Waals surface area contributed by atoms with Gasteiger partial charge in [0.15, 0.2) is 0 Å². The first kappa shape index (κ1) is 14.5. The maximum absolute atomic E-state index is 9.41. The van der Waals surface area contributed by atoms with Gasteiger partial charge in [-0.3, -0.25) is 4.68 Å². The van der Waals surface area contributed by atoms with Gasteiger partial charge in [0, 0.05) is 13.7 Å². The lowest BCUT2D eigenvalue weighted by Gasteiger charge is -2.16. The Hall–Kier alpha value is -0.540. The summed E-state index contributed by atoms with van der Waals surface area (Å²) in [7, 11) is 1.92. The monoisotopic (exact) mass is 258 g/mol. The van der Waals surface area contributed by atoms with Crippen molar-refractivity contribution in [2.45, 2.75) is 40.0 Å². The summed E-state index contributed by atoms with van der Waals surface area (Å²) in [5, 5.41) is 14.6. The summed E-state index contributed by atoms with van der Waals surface area (Å²) in [6.45, 7) is 6.60. The molecule has 4 heteroatoms. The largest absolute Gasteiger partial charge is 0.396 e. The second-order valence-corrected chi connectivity index (χ2v) is 5.44. The maximum atomic E-state index is 9.41. The SMILES string of the molecule is CCc1nn(C)c(CC(CO)CC(C)C)c1Cl. The number of aliphatic hydroxyl groups excluding tert-OH is 1. The van der Waals surface area contributed by atoms with Crippen LogP contribution >= 0.6 is 11.6 Å². The van der Waals surface area contributed by atoms with Gasteiger partial charge in [0.25, 0.3) is 0 Å². The maximum Gasteiger partial charge on any atom is 0.0849 e. The Balaban J connectivity index is 2.82. The average molecular weight is 259 g/mol. The standard InChI is InChI=1S/C13H23ClN2O/c1-5-11-13(14)12(16(4)15-11)7-10(8-17)6-9(2)3/h9-10,17H,5-8H2,1-4H3. The molecule has 0 amide bonds. The van der Waals surface area contributed by atoms with Crippen molar-refractivity contribution in [3.63, 3.8) is 0 Å². The molecule has 0 aliphatic carbocycles. The van der Waals surface area contributed by atoms with E-state index in [1.807, 2.05) is 11.7 Å². The van der Waals surface area contributed by atoms with Gasteiger partial charge < -0.3 is 5.11 Å². The van der Waals surface area contributed by atoms with E-state index in [4.69, 9.17) is 11.6 Å². The molecule has 0 radical (unpaired) electrons. The number of rotatable bonds is 6. The van der Waals surface area contributed by atoms with E-state index in [9.17, 15) is 5.11 Å². The number of hydrogen-bond donors (Lipinski definition) is 1. The Morgan fingerprint density at radius 1 is 1.41 bits per heavy atom. The minimum atomic E-state index is 0.209. The van der Waals surface area contributed by atoms with Crippen LogP contribution in [0.4, 0.5) is 0 Å². The van der Waals surface area contributed by atoms with Crippen molar-refractivity contribution in [1.82, 2.24) is 9.78 Å². The molecule has 1 aromatic heterocycles. The van der Waals surface area contributed by atoms with Crippen LogP contribution in [-0.4, -0.2) is 21.5 Å². The third-order valence-corrected chi connectivity index (χ3v) is 3.48. The van der Waals surface area contributed by atoms with Gasteiger partial charge in [-0.1, -0.05) is 32.4 Å². The Morgan fingerprint density at radius 2 is 2.06 bits per heavy atom. The molecular weight excluding hydrogens is 236 g/mol. The lowest BCUT2D eigenvalue weighted by atomic mass is 9.93. The molecule has 1 N–H and O–H groups in total. The van der Waals surface area contributed by atoms with E-state index in [-0.39, 0.29) is 12.5 Å². The highest BCUT2D eigenvalue weighted by molar-refractivity contribution is 6.31. The fourth-order valence-corrected chi connectivity index (χ4v) is 2.57. The van der Waals surface area contributed by atoms with Gasteiger partial charge in [-0.05, 0) is 31.1 Å². The molecule has 1 atom stereocenters. The van der Waals surface area contributed by atoms with Crippen molar-refractivity contribution in [3.05, 3.63) is 16.4 Å². The van der Waals surface area contributed by atoms with Crippen molar-refractivity contribution >= 4 is 11.6 Å². The summed E-state index contributed by atoms with van der Waals surface area (Å²) in [5.74, 6) is 0.859. The molecule has 0 saturated carbocycles. The molecule has 98 valence electrons. The third kappa shape index (κ3) is 3.71. The number of aliphatic hydroxyl groups is 1. The van der Waals surface area contributed by atoms with Gasteiger partial charge >= 0.3 is 0 Å². The number of aryl methyl sites for hydroxylation is 2. The summed E-state index contributed by atoms with van der Waals surface area (Å²) in [5.41, 5.74) is 1.99. The van der Waals surface area contributed by atoms with Crippen molar-refractivity contribution in [2.75, 3.05) is 6.61 Å². The van der Waals surface area contributed by atoms with Crippen molar-refractivity contribution in [2.24, 2.45) is 18.9 Å².